The van der Waals surface area contributed by atoms with Crippen LogP contribution in [0.1, 0.15) is 28.1 Å². The number of ether oxygens (including phenoxy) is 1. The molecule has 0 unspecified atom stereocenters. The Balaban J connectivity index is 0.000000108. The standard InChI is InChI=1S/C36H23N3.C34H21N3.C31H18N4.C31H21N3O/c37-24-34-31(16-9-19-38-34)29-21-27(25-10-2-1-3-11-25)20-28(22-29)26-12-8-13-30(23-26)39-35-17-6-4-14-32(35)33-15-5-7-18-36(33)39;35-21-25-16-17-36-22-32(25)26-18-23-8-1-2-11-28(23)31(20-26)24-9-7-10-27(19-24)37-33-14-5-3-12-29(33)30-13-4-6-15-34(30)37;32-18-21-14-24(16-25(15-21)23-12-13-26(19-33)34-20-23)22-6-5-7-27(17-22)35-30-10-3-1-8-28(30)29-9-2-4-11-31(29)35;1-35-27-16-24(22-7-6-8-23(14-22)25-13-21(18-32)19-33-20-25)15-26(17-27)34-30-11-4-2-9-28(30)29-10-3-5-12-31(29)34/h1-23H;1-20,22H;1-17,20H;2-17,19-20H,1H3. The van der Waals surface area contributed by atoms with Crippen LogP contribution in [0.5, 0.6) is 5.75 Å². The molecule has 0 amide bonds. The number of para-hydroxylation sites is 8. The summed E-state index contributed by atoms with van der Waals surface area (Å²) in [5, 5.41) is 59.6. The van der Waals surface area contributed by atoms with E-state index in [-0.39, 0.29) is 0 Å². The average molecular weight is 1870 g/mol. The minimum absolute atomic E-state index is 0.365. The zero-order chi connectivity index (χ0) is 98.5. The zero-order valence-electron chi connectivity index (χ0n) is 78.9. The minimum Gasteiger partial charge on any atom is -0.497 e. The smallest absolute Gasteiger partial charge is 0.148 e. The molecule has 682 valence electrons. The van der Waals surface area contributed by atoms with Gasteiger partial charge in [0.05, 0.1) is 85.8 Å². The second-order valence-corrected chi connectivity index (χ2v) is 35.6. The van der Waals surface area contributed by atoms with Crippen molar-refractivity contribution in [3.63, 3.8) is 0 Å². The summed E-state index contributed by atoms with van der Waals surface area (Å²) in [7, 11) is 1.70. The van der Waals surface area contributed by atoms with Crippen LogP contribution < -0.4 is 4.74 Å². The maximum absolute atomic E-state index is 9.75. The molecule has 0 N–H and O–H groups in total. The first-order valence-corrected chi connectivity index (χ1v) is 47.9. The molecule has 0 saturated heterocycles. The van der Waals surface area contributed by atoms with Crippen molar-refractivity contribution in [1.29, 1.82) is 26.3 Å². The number of hydrogen-bond donors (Lipinski definition) is 0. The number of benzene rings is 18. The van der Waals surface area contributed by atoms with Crippen LogP contribution in [0.3, 0.4) is 0 Å². The van der Waals surface area contributed by atoms with E-state index in [1.807, 2.05) is 60.7 Å². The van der Waals surface area contributed by atoms with Crippen LogP contribution >= 0.6 is 0 Å². The van der Waals surface area contributed by atoms with E-state index >= 15 is 0 Å². The van der Waals surface area contributed by atoms with Gasteiger partial charge in [0.1, 0.15) is 35.3 Å². The van der Waals surface area contributed by atoms with Gasteiger partial charge in [0.2, 0.25) is 0 Å². The van der Waals surface area contributed by atoms with E-state index in [0.717, 1.165) is 156 Å². The highest BCUT2D eigenvalue weighted by atomic mass is 16.5. The lowest BCUT2D eigenvalue weighted by Gasteiger charge is -2.14. The Morgan fingerprint density at radius 1 is 0.212 bits per heavy atom. The largest absolute Gasteiger partial charge is 0.497 e. The monoisotopic (exact) mass is 1870 g/mol. The van der Waals surface area contributed by atoms with Gasteiger partial charge in [-0.15, -0.1) is 0 Å². The summed E-state index contributed by atoms with van der Waals surface area (Å²) in [4.78, 5) is 17.0. The van der Waals surface area contributed by atoms with Gasteiger partial charge in [0, 0.05) is 126 Å². The van der Waals surface area contributed by atoms with Crippen molar-refractivity contribution in [2.75, 3.05) is 7.11 Å². The van der Waals surface area contributed by atoms with Crippen LogP contribution in [0.25, 0.3) is 221 Å². The molecule has 0 aliphatic rings. The van der Waals surface area contributed by atoms with Gasteiger partial charge in [-0.2, -0.15) is 26.3 Å². The van der Waals surface area contributed by atoms with Crippen molar-refractivity contribution in [2.45, 2.75) is 0 Å². The summed E-state index contributed by atoms with van der Waals surface area (Å²) < 4.78 is 15.0. The number of fused-ring (bicyclic) bond motifs is 13. The maximum Gasteiger partial charge on any atom is 0.148 e. The molecular formula is C132H83N13O. The number of pyridine rings is 4. The van der Waals surface area contributed by atoms with Gasteiger partial charge < -0.3 is 23.0 Å². The molecule has 0 fully saturated rings. The third-order valence-electron chi connectivity index (χ3n) is 27.0. The van der Waals surface area contributed by atoms with E-state index in [4.69, 9.17) is 10.00 Å². The van der Waals surface area contributed by atoms with E-state index < -0.39 is 0 Å². The van der Waals surface area contributed by atoms with Gasteiger partial charge in [0.25, 0.3) is 0 Å². The van der Waals surface area contributed by atoms with Gasteiger partial charge in [-0.3, -0.25) is 9.97 Å². The van der Waals surface area contributed by atoms with Gasteiger partial charge in [-0.05, 0) is 277 Å². The average Bonchev–Trinajstić information content (AvgIpc) is 1.48. The molecule has 8 heterocycles. The quantitative estimate of drug-likeness (QED) is 0.101. The number of methoxy groups -OCH3 is 1. The molecule has 0 aliphatic carbocycles. The Kier molecular flexibility index (Phi) is 24.0. The molecule has 0 spiro atoms. The van der Waals surface area contributed by atoms with Gasteiger partial charge >= 0.3 is 0 Å². The van der Waals surface area contributed by atoms with Crippen LogP contribution in [0.15, 0.2) is 486 Å². The highest BCUT2D eigenvalue weighted by Crippen LogP contribution is 2.44. The molecule has 14 heteroatoms. The number of hydrogen-bond acceptors (Lipinski definition) is 10. The van der Waals surface area contributed by atoms with Crippen molar-refractivity contribution >= 4 is 98.0 Å². The number of aromatic nitrogens is 8. The van der Waals surface area contributed by atoms with E-state index in [1.54, 1.807) is 56.4 Å². The molecule has 26 rings (SSSR count). The fourth-order valence-corrected chi connectivity index (χ4v) is 20.4. The fraction of sp³-hybridized carbons (Fsp3) is 0.00758. The van der Waals surface area contributed by atoms with Crippen molar-refractivity contribution in [2.24, 2.45) is 0 Å². The first-order chi connectivity index (χ1) is 72.1. The highest BCUT2D eigenvalue weighted by Gasteiger charge is 2.22. The second-order valence-electron chi connectivity index (χ2n) is 35.6. The second kappa shape index (κ2) is 39.3. The first kappa shape index (κ1) is 89.2. The van der Waals surface area contributed by atoms with Crippen LogP contribution in [0.2, 0.25) is 0 Å². The molecule has 0 aliphatic heterocycles. The van der Waals surface area contributed by atoms with E-state index in [1.165, 1.54) is 70.5 Å². The predicted octanol–water partition coefficient (Wildman–Crippen LogP) is 32.2. The molecule has 146 heavy (non-hydrogen) atoms. The molecule has 0 bridgehead atoms. The predicted molar refractivity (Wildman–Crippen MR) is 591 cm³/mol. The zero-order valence-corrected chi connectivity index (χ0v) is 78.9. The summed E-state index contributed by atoms with van der Waals surface area (Å²) in [6.07, 6.45) is 10.1. The third-order valence-corrected chi connectivity index (χ3v) is 27.0. The Labute approximate surface area is 841 Å². The SMILES string of the molecule is COc1cc(-c2cccc(-c3cncc(C#N)c3)c2)cc(-n2c3ccccc3c3ccccc32)c1.N#Cc1cc(-c2ccc(C#N)nc2)cc(-c2cccc(-n3c4ccccc4c4ccccc43)c2)c1.N#Cc1ccncc1-c1cc(-c2cccc(-n3c4ccccc4c4ccccc43)c2)c2ccccc2c1.N#Cc1ncccc1-c1cc(-c2ccccc2)cc(-c2cccc(-n3c4ccccc4c4ccccc43)c2)c1. The lowest BCUT2D eigenvalue weighted by Crippen LogP contribution is -1.96. The Morgan fingerprint density at radius 2 is 0.610 bits per heavy atom. The van der Waals surface area contributed by atoms with Crippen LogP contribution in [0, 0.1) is 56.7 Å². The van der Waals surface area contributed by atoms with Gasteiger partial charge in [-0.25, -0.2) is 9.97 Å². The number of nitrogens with zero attached hydrogens (tertiary/aromatic N) is 13. The molecular weight excluding hydrogens is 1780 g/mol. The summed E-state index contributed by atoms with van der Waals surface area (Å²) in [5.74, 6) is 0.790. The van der Waals surface area contributed by atoms with Crippen molar-refractivity contribution in [1.82, 2.24) is 38.2 Å². The molecule has 8 aromatic heterocycles. The Bertz CT molecular complexity index is 9640. The van der Waals surface area contributed by atoms with Crippen LogP contribution in [-0.2, 0) is 0 Å². The van der Waals surface area contributed by atoms with Crippen molar-refractivity contribution in [3.8, 4) is 159 Å². The summed E-state index contributed by atoms with van der Waals surface area (Å²) in [6, 6.07) is 166. The Morgan fingerprint density at radius 3 is 1.10 bits per heavy atom. The third kappa shape index (κ3) is 17.1. The van der Waals surface area contributed by atoms with E-state index in [0.29, 0.717) is 28.1 Å². The maximum atomic E-state index is 9.75. The lowest BCUT2D eigenvalue weighted by molar-refractivity contribution is 0.415. The van der Waals surface area contributed by atoms with E-state index in [2.05, 4.69) is 445 Å². The van der Waals surface area contributed by atoms with E-state index in [9.17, 15) is 21.0 Å². The molecule has 0 atom stereocenters. The first-order valence-electron chi connectivity index (χ1n) is 47.9. The minimum atomic E-state index is 0.365. The van der Waals surface area contributed by atoms with Crippen LogP contribution in [-0.4, -0.2) is 45.3 Å². The highest BCUT2D eigenvalue weighted by molar-refractivity contribution is 6.13. The van der Waals surface area contributed by atoms with Crippen molar-refractivity contribution < 1.29 is 4.74 Å². The number of rotatable bonds is 14. The molecule has 0 radical (unpaired) electrons. The lowest BCUT2D eigenvalue weighted by atomic mass is 9.92. The molecule has 0 saturated carbocycles. The summed E-state index contributed by atoms with van der Waals surface area (Å²) >= 11 is 0. The van der Waals surface area contributed by atoms with Crippen LogP contribution in [0.4, 0.5) is 0 Å². The molecule has 18 aromatic carbocycles. The normalized spacial score (nSPS) is 11.0. The number of nitriles is 5. The van der Waals surface area contributed by atoms with Crippen molar-refractivity contribution in [3.05, 3.63) is 514 Å². The van der Waals surface area contributed by atoms with Gasteiger partial charge in [-0.1, -0.05) is 255 Å². The topological polar surface area (TPSA) is 199 Å². The van der Waals surface area contributed by atoms with Gasteiger partial charge in [0.15, 0.2) is 0 Å². The summed E-state index contributed by atoms with van der Waals surface area (Å²) in [6.45, 7) is 0. The molecule has 14 nitrogen and oxygen atoms in total. The summed E-state index contributed by atoms with van der Waals surface area (Å²) in [5.41, 5.74) is 34.3. The molecule has 26 aromatic rings. The Hall–Kier alpha value is -20.7. The fourth-order valence-electron chi connectivity index (χ4n) is 20.4.